The van der Waals surface area contributed by atoms with E-state index in [0.29, 0.717) is 19.5 Å². The van der Waals surface area contributed by atoms with Gasteiger partial charge in [0.15, 0.2) is 17.3 Å². The monoisotopic (exact) mass is 360 g/mol. The number of hydrogen-bond donors (Lipinski definition) is 2. The third kappa shape index (κ3) is 3.03. The van der Waals surface area contributed by atoms with Gasteiger partial charge in [-0.2, -0.15) is 0 Å². The van der Waals surface area contributed by atoms with Gasteiger partial charge in [0.2, 0.25) is 11.3 Å². The summed E-state index contributed by atoms with van der Waals surface area (Å²) in [6, 6.07) is 0.887. The summed E-state index contributed by atoms with van der Waals surface area (Å²) >= 11 is 0. The van der Waals surface area contributed by atoms with Gasteiger partial charge in [0, 0.05) is 38.5 Å². The number of aromatic nitrogens is 2. The van der Waals surface area contributed by atoms with Crippen molar-refractivity contribution in [2.45, 2.75) is 19.4 Å². The molecule has 1 fully saturated rings. The molecule has 136 valence electrons. The molecule has 0 aliphatic carbocycles. The molecular weight excluding hydrogens is 343 g/mol. The number of anilines is 1. The van der Waals surface area contributed by atoms with Crippen molar-refractivity contribution in [1.29, 1.82) is 0 Å². The van der Waals surface area contributed by atoms with Crippen molar-refractivity contribution in [3.8, 4) is 0 Å². The SMILES string of the molecule is C=Cn1cc(C(=O)O)c(=O)c2cc(F)c(N3CCC(NC(C)=O)C3)nc21. The Morgan fingerprint density at radius 1 is 1.50 bits per heavy atom. The molecule has 0 bridgehead atoms. The second kappa shape index (κ2) is 6.58. The Bertz CT molecular complexity index is 985. The van der Waals surface area contributed by atoms with Gasteiger partial charge >= 0.3 is 5.97 Å². The van der Waals surface area contributed by atoms with Gasteiger partial charge in [-0.05, 0) is 12.5 Å². The number of amides is 1. The zero-order chi connectivity index (χ0) is 19.0. The van der Waals surface area contributed by atoms with Gasteiger partial charge in [-0.1, -0.05) is 6.58 Å². The minimum atomic E-state index is -1.41. The van der Waals surface area contributed by atoms with Crippen molar-refractivity contribution in [2.75, 3.05) is 18.0 Å². The molecular formula is C17H17FN4O4. The number of carbonyl (C=O) groups is 2. The molecule has 0 radical (unpaired) electrons. The number of carbonyl (C=O) groups excluding carboxylic acids is 1. The lowest BCUT2D eigenvalue weighted by molar-refractivity contribution is -0.119. The fraction of sp³-hybridized carbons (Fsp3) is 0.294. The van der Waals surface area contributed by atoms with Gasteiger partial charge in [-0.15, -0.1) is 0 Å². The standard InChI is InChI=1S/C17H17FN4O4/c1-3-21-8-12(17(25)26)14(24)11-6-13(18)16(20-15(11)21)22-5-4-10(7-22)19-9(2)23/h3,6,8,10H,1,4-5,7H2,2H3,(H,19,23)(H,25,26). The first-order chi connectivity index (χ1) is 12.3. The van der Waals surface area contributed by atoms with Crippen LogP contribution in [0.5, 0.6) is 0 Å². The first-order valence-electron chi connectivity index (χ1n) is 7.95. The van der Waals surface area contributed by atoms with E-state index in [1.807, 2.05) is 0 Å². The molecule has 3 heterocycles. The van der Waals surface area contributed by atoms with E-state index in [1.165, 1.54) is 17.7 Å². The van der Waals surface area contributed by atoms with Crippen LogP contribution in [-0.4, -0.2) is 45.7 Å². The summed E-state index contributed by atoms with van der Waals surface area (Å²) in [5, 5.41) is 11.8. The van der Waals surface area contributed by atoms with E-state index in [2.05, 4.69) is 16.9 Å². The zero-order valence-electron chi connectivity index (χ0n) is 14.0. The Morgan fingerprint density at radius 2 is 2.23 bits per heavy atom. The number of carboxylic acids is 1. The van der Waals surface area contributed by atoms with Crippen LogP contribution in [0.2, 0.25) is 0 Å². The average Bonchev–Trinajstić information content (AvgIpc) is 3.02. The highest BCUT2D eigenvalue weighted by Crippen LogP contribution is 2.25. The molecule has 1 atom stereocenters. The molecule has 9 heteroatoms. The quantitative estimate of drug-likeness (QED) is 0.844. The van der Waals surface area contributed by atoms with Gasteiger partial charge in [-0.25, -0.2) is 14.2 Å². The van der Waals surface area contributed by atoms with Crippen LogP contribution in [0.25, 0.3) is 17.2 Å². The van der Waals surface area contributed by atoms with E-state index in [0.717, 1.165) is 12.3 Å². The fourth-order valence-electron chi connectivity index (χ4n) is 3.11. The smallest absolute Gasteiger partial charge is 0.341 e. The maximum absolute atomic E-state index is 14.6. The second-order valence-electron chi connectivity index (χ2n) is 6.06. The highest BCUT2D eigenvalue weighted by molar-refractivity contribution is 5.92. The number of pyridine rings is 2. The number of halogens is 1. The van der Waals surface area contributed by atoms with E-state index >= 15 is 0 Å². The van der Waals surface area contributed by atoms with Crippen LogP contribution >= 0.6 is 0 Å². The Kier molecular flexibility index (Phi) is 4.45. The number of carboxylic acid groups (broad SMARTS) is 1. The Hall–Kier alpha value is -3.23. The lowest BCUT2D eigenvalue weighted by atomic mass is 10.2. The van der Waals surface area contributed by atoms with Crippen LogP contribution in [0.15, 0.2) is 23.6 Å². The van der Waals surface area contributed by atoms with Gasteiger partial charge in [0.05, 0.1) is 5.39 Å². The van der Waals surface area contributed by atoms with E-state index in [-0.39, 0.29) is 28.8 Å². The van der Waals surface area contributed by atoms with E-state index in [1.54, 1.807) is 4.90 Å². The summed E-state index contributed by atoms with van der Waals surface area (Å²) in [5.41, 5.74) is -1.17. The number of aromatic carboxylic acids is 1. The maximum Gasteiger partial charge on any atom is 0.341 e. The molecule has 8 nitrogen and oxygen atoms in total. The van der Waals surface area contributed by atoms with Gasteiger partial charge in [0.25, 0.3) is 0 Å². The van der Waals surface area contributed by atoms with Crippen LogP contribution in [0, 0.1) is 5.82 Å². The normalized spacial score (nSPS) is 16.7. The van der Waals surface area contributed by atoms with Gasteiger partial charge in [-0.3, -0.25) is 9.59 Å². The molecule has 2 N–H and O–H groups in total. The topological polar surface area (TPSA) is 105 Å². The predicted molar refractivity (Wildman–Crippen MR) is 93.7 cm³/mol. The molecule has 1 aliphatic rings. The maximum atomic E-state index is 14.6. The number of fused-ring (bicyclic) bond motifs is 1. The summed E-state index contributed by atoms with van der Waals surface area (Å²) in [5.74, 6) is -2.25. The van der Waals surface area contributed by atoms with Crippen molar-refractivity contribution in [3.63, 3.8) is 0 Å². The van der Waals surface area contributed by atoms with Crippen LogP contribution in [0.1, 0.15) is 23.7 Å². The summed E-state index contributed by atoms with van der Waals surface area (Å²) in [7, 11) is 0. The highest BCUT2D eigenvalue weighted by Gasteiger charge is 2.27. The minimum absolute atomic E-state index is 0.0448. The molecule has 2 aromatic rings. The van der Waals surface area contributed by atoms with Crippen molar-refractivity contribution >= 4 is 34.9 Å². The first-order valence-corrected chi connectivity index (χ1v) is 7.95. The highest BCUT2D eigenvalue weighted by atomic mass is 19.1. The zero-order valence-corrected chi connectivity index (χ0v) is 14.0. The Balaban J connectivity index is 2.10. The summed E-state index contributed by atoms with van der Waals surface area (Å²) in [6.07, 6.45) is 3.05. The van der Waals surface area contributed by atoms with Crippen molar-refractivity contribution in [2.24, 2.45) is 0 Å². The average molecular weight is 360 g/mol. The summed E-state index contributed by atoms with van der Waals surface area (Å²) in [6.45, 7) is 5.88. The van der Waals surface area contributed by atoms with Crippen LogP contribution < -0.4 is 15.6 Å². The molecule has 1 amide bonds. The van der Waals surface area contributed by atoms with Crippen LogP contribution in [-0.2, 0) is 4.79 Å². The molecule has 0 saturated carbocycles. The predicted octanol–water partition coefficient (Wildman–Crippen LogP) is 1.05. The third-order valence-corrected chi connectivity index (χ3v) is 4.26. The molecule has 1 saturated heterocycles. The van der Waals surface area contributed by atoms with E-state index < -0.39 is 22.8 Å². The molecule has 3 rings (SSSR count). The van der Waals surface area contributed by atoms with Gasteiger partial charge in [0.1, 0.15) is 5.56 Å². The number of hydrogen-bond acceptors (Lipinski definition) is 5. The van der Waals surface area contributed by atoms with Gasteiger partial charge < -0.3 is 19.9 Å². The lowest BCUT2D eigenvalue weighted by Crippen LogP contribution is -2.36. The molecule has 0 aromatic carbocycles. The molecule has 1 aliphatic heterocycles. The van der Waals surface area contributed by atoms with E-state index in [4.69, 9.17) is 5.11 Å². The van der Waals surface area contributed by atoms with Crippen LogP contribution in [0.4, 0.5) is 10.2 Å². The lowest BCUT2D eigenvalue weighted by Gasteiger charge is -2.19. The third-order valence-electron chi connectivity index (χ3n) is 4.26. The largest absolute Gasteiger partial charge is 0.477 e. The Morgan fingerprint density at radius 3 is 2.85 bits per heavy atom. The summed E-state index contributed by atoms with van der Waals surface area (Å²) < 4.78 is 15.9. The minimum Gasteiger partial charge on any atom is -0.477 e. The second-order valence-corrected chi connectivity index (χ2v) is 6.06. The molecule has 26 heavy (non-hydrogen) atoms. The van der Waals surface area contributed by atoms with Crippen LogP contribution in [0.3, 0.4) is 0 Å². The van der Waals surface area contributed by atoms with Crippen molar-refractivity contribution in [1.82, 2.24) is 14.9 Å². The fourth-order valence-corrected chi connectivity index (χ4v) is 3.11. The number of nitrogens with zero attached hydrogens (tertiary/aromatic N) is 3. The van der Waals surface area contributed by atoms with Crippen molar-refractivity contribution in [3.05, 3.63) is 40.4 Å². The number of rotatable bonds is 4. The first kappa shape index (κ1) is 17.6. The number of nitrogens with one attached hydrogen (secondary N) is 1. The molecule has 2 aromatic heterocycles. The van der Waals surface area contributed by atoms with Crippen molar-refractivity contribution < 1.29 is 19.1 Å². The van der Waals surface area contributed by atoms with E-state index in [9.17, 15) is 18.8 Å². The summed E-state index contributed by atoms with van der Waals surface area (Å²) in [4.78, 5) is 40.6. The Labute approximate surface area is 147 Å². The molecule has 1 unspecified atom stereocenters. The molecule has 0 spiro atoms.